The monoisotopic (exact) mass is 277 g/mol. The number of nitrogens with zero attached hydrogens (tertiary/aromatic N) is 1. The molecule has 0 amide bonds. The van der Waals surface area contributed by atoms with Gasteiger partial charge < -0.3 is 0 Å². The van der Waals surface area contributed by atoms with E-state index in [9.17, 15) is 8.42 Å². The Hall–Kier alpha value is -0.170. The van der Waals surface area contributed by atoms with Gasteiger partial charge in [-0.15, -0.1) is 0 Å². The summed E-state index contributed by atoms with van der Waals surface area (Å²) < 4.78 is 24.7. The first-order valence-electron chi connectivity index (χ1n) is 6.79. The minimum absolute atomic E-state index is 0.277. The number of piperidine rings is 1. The molecular formula is C12H27N3O2S. The Kier molecular flexibility index (Phi) is 6.04. The highest BCUT2D eigenvalue weighted by atomic mass is 32.2. The Morgan fingerprint density at radius 3 is 2.67 bits per heavy atom. The van der Waals surface area contributed by atoms with Gasteiger partial charge in [-0.05, 0) is 31.1 Å². The van der Waals surface area contributed by atoms with E-state index in [0.717, 1.165) is 25.7 Å². The van der Waals surface area contributed by atoms with E-state index in [4.69, 9.17) is 5.84 Å². The summed E-state index contributed by atoms with van der Waals surface area (Å²) in [5, 5.41) is 0. The second-order valence-electron chi connectivity index (χ2n) is 5.52. The predicted octanol–water partition coefficient (Wildman–Crippen LogP) is 0.926. The van der Waals surface area contributed by atoms with Crippen LogP contribution < -0.4 is 11.3 Å². The van der Waals surface area contributed by atoms with Gasteiger partial charge in [-0.3, -0.25) is 11.3 Å². The molecule has 0 aromatic carbocycles. The van der Waals surface area contributed by atoms with Crippen molar-refractivity contribution in [3.05, 3.63) is 0 Å². The summed E-state index contributed by atoms with van der Waals surface area (Å²) in [7, 11) is -3.05. The highest BCUT2D eigenvalue weighted by molar-refractivity contribution is 7.88. The van der Waals surface area contributed by atoms with Gasteiger partial charge in [0.05, 0.1) is 6.26 Å². The van der Waals surface area contributed by atoms with Gasteiger partial charge in [0, 0.05) is 19.1 Å². The van der Waals surface area contributed by atoms with Crippen LogP contribution in [0, 0.1) is 11.8 Å². The van der Waals surface area contributed by atoms with Crippen LogP contribution in [0.2, 0.25) is 0 Å². The van der Waals surface area contributed by atoms with Crippen LogP contribution in [0.4, 0.5) is 0 Å². The normalized spacial score (nSPS) is 25.9. The molecular weight excluding hydrogens is 250 g/mol. The minimum atomic E-state index is -3.05. The smallest absolute Gasteiger partial charge is 0.211 e. The summed E-state index contributed by atoms with van der Waals surface area (Å²) in [6.07, 6.45) is 5.38. The lowest BCUT2D eigenvalue weighted by molar-refractivity contribution is 0.216. The van der Waals surface area contributed by atoms with Crippen molar-refractivity contribution in [2.45, 2.75) is 45.6 Å². The number of hydrogen-bond donors (Lipinski definition) is 2. The number of hydrogen-bond acceptors (Lipinski definition) is 4. The third kappa shape index (κ3) is 4.50. The molecule has 3 N–H and O–H groups in total. The molecule has 0 aromatic heterocycles. The summed E-state index contributed by atoms with van der Waals surface area (Å²) in [6.45, 7) is 5.65. The first kappa shape index (κ1) is 15.9. The fourth-order valence-electron chi connectivity index (χ4n) is 2.63. The average Bonchev–Trinajstić information content (AvgIpc) is 2.34. The van der Waals surface area contributed by atoms with Crippen LogP contribution in [-0.2, 0) is 10.0 Å². The Balaban J connectivity index is 2.56. The first-order chi connectivity index (χ1) is 8.38. The lowest BCUT2D eigenvalue weighted by Gasteiger charge is -2.34. The molecule has 0 bridgehead atoms. The van der Waals surface area contributed by atoms with Gasteiger partial charge in [-0.25, -0.2) is 12.7 Å². The Morgan fingerprint density at radius 2 is 2.17 bits per heavy atom. The van der Waals surface area contributed by atoms with Crippen LogP contribution in [0.1, 0.15) is 39.5 Å². The molecule has 3 unspecified atom stereocenters. The number of nitrogens with one attached hydrogen (secondary N) is 1. The summed E-state index contributed by atoms with van der Waals surface area (Å²) in [5.41, 5.74) is 2.89. The van der Waals surface area contributed by atoms with Crippen LogP contribution in [-0.4, -0.2) is 38.1 Å². The van der Waals surface area contributed by atoms with Crippen molar-refractivity contribution in [1.29, 1.82) is 0 Å². The van der Waals surface area contributed by atoms with Crippen LogP contribution in [0.25, 0.3) is 0 Å². The van der Waals surface area contributed by atoms with Crippen molar-refractivity contribution in [2.24, 2.45) is 17.7 Å². The zero-order valence-corrected chi connectivity index (χ0v) is 12.5. The third-order valence-corrected chi connectivity index (χ3v) is 5.35. The molecule has 1 saturated heterocycles. The summed E-state index contributed by atoms with van der Waals surface area (Å²) in [4.78, 5) is 0. The SMILES string of the molecule is CCC(C)C(CC1CCCN(S(C)(=O)=O)C1)NN. The topological polar surface area (TPSA) is 75.4 Å². The van der Waals surface area contributed by atoms with E-state index in [1.807, 2.05) is 0 Å². The number of rotatable bonds is 6. The van der Waals surface area contributed by atoms with Crippen LogP contribution in [0.5, 0.6) is 0 Å². The second kappa shape index (κ2) is 6.84. The molecule has 6 heteroatoms. The molecule has 1 fully saturated rings. The number of sulfonamides is 1. The Morgan fingerprint density at radius 1 is 1.50 bits per heavy atom. The largest absolute Gasteiger partial charge is 0.271 e. The van der Waals surface area contributed by atoms with Crippen molar-refractivity contribution in [3.8, 4) is 0 Å². The molecule has 1 heterocycles. The van der Waals surface area contributed by atoms with Crippen molar-refractivity contribution >= 4 is 10.0 Å². The minimum Gasteiger partial charge on any atom is -0.271 e. The lowest BCUT2D eigenvalue weighted by Crippen LogP contribution is -2.45. The highest BCUT2D eigenvalue weighted by Crippen LogP contribution is 2.25. The molecule has 5 nitrogen and oxygen atoms in total. The molecule has 0 radical (unpaired) electrons. The van der Waals surface area contributed by atoms with E-state index in [2.05, 4.69) is 19.3 Å². The molecule has 1 aliphatic rings. The van der Waals surface area contributed by atoms with Gasteiger partial charge in [0.2, 0.25) is 10.0 Å². The van der Waals surface area contributed by atoms with Crippen molar-refractivity contribution < 1.29 is 8.42 Å². The molecule has 0 aromatic rings. The Labute approximate surface area is 111 Å². The summed E-state index contributed by atoms with van der Waals surface area (Å²) in [6, 6.07) is 0.277. The quantitative estimate of drug-likeness (QED) is 0.559. The third-order valence-electron chi connectivity index (χ3n) is 4.08. The van der Waals surface area contributed by atoms with Crippen molar-refractivity contribution in [3.63, 3.8) is 0 Å². The van der Waals surface area contributed by atoms with Gasteiger partial charge >= 0.3 is 0 Å². The Bertz CT molecular complexity index is 345. The molecule has 0 aliphatic carbocycles. The molecule has 0 saturated carbocycles. The molecule has 18 heavy (non-hydrogen) atoms. The van der Waals surface area contributed by atoms with Gasteiger partial charge in [-0.1, -0.05) is 20.3 Å². The second-order valence-corrected chi connectivity index (χ2v) is 7.51. The van der Waals surface area contributed by atoms with Crippen LogP contribution in [0.3, 0.4) is 0 Å². The van der Waals surface area contributed by atoms with E-state index < -0.39 is 10.0 Å². The first-order valence-corrected chi connectivity index (χ1v) is 8.64. The van der Waals surface area contributed by atoms with Gasteiger partial charge in [0.15, 0.2) is 0 Å². The zero-order chi connectivity index (χ0) is 13.8. The zero-order valence-electron chi connectivity index (χ0n) is 11.7. The molecule has 3 atom stereocenters. The fourth-order valence-corrected chi connectivity index (χ4v) is 3.57. The fraction of sp³-hybridized carbons (Fsp3) is 1.00. The van der Waals surface area contributed by atoms with Crippen molar-refractivity contribution in [1.82, 2.24) is 9.73 Å². The van der Waals surface area contributed by atoms with E-state index >= 15 is 0 Å². The average molecular weight is 277 g/mol. The number of nitrogens with two attached hydrogens (primary N) is 1. The van der Waals surface area contributed by atoms with Crippen LogP contribution >= 0.6 is 0 Å². The molecule has 0 spiro atoms. The van der Waals surface area contributed by atoms with Crippen molar-refractivity contribution in [2.75, 3.05) is 19.3 Å². The standard InChI is InChI=1S/C12H27N3O2S/c1-4-10(2)12(14-13)8-11-6-5-7-15(9-11)18(3,16)17/h10-12,14H,4-9,13H2,1-3H3. The maximum atomic E-state index is 11.6. The predicted molar refractivity (Wildman–Crippen MR) is 74.3 cm³/mol. The maximum Gasteiger partial charge on any atom is 0.211 e. The van der Waals surface area contributed by atoms with Crippen LogP contribution in [0.15, 0.2) is 0 Å². The summed E-state index contributed by atoms with van der Waals surface area (Å²) >= 11 is 0. The van der Waals surface area contributed by atoms with Gasteiger partial charge in [0.1, 0.15) is 0 Å². The van der Waals surface area contributed by atoms with E-state index in [1.54, 1.807) is 4.31 Å². The maximum absolute atomic E-state index is 11.6. The molecule has 1 rings (SSSR count). The summed E-state index contributed by atoms with van der Waals surface area (Å²) in [5.74, 6) is 6.54. The van der Waals surface area contributed by atoms with Gasteiger partial charge in [-0.2, -0.15) is 0 Å². The van der Waals surface area contributed by atoms with E-state index in [1.165, 1.54) is 6.26 Å². The molecule has 108 valence electrons. The van der Waals surface area contributed by atoms with E-state index in [0.29, 0.717) is 24.9 Å². The van der Waals surface area contributed by atoms with Gasteiger partial charge in [0.25, 0.3) is 0 Å². The lowest BCUT2D eigenvalue weighted by atomic mass is 9.87. The number of hydrazine groups is 1. The van der Waals surface area contributed by atoms with E-state index in [-0.39, 0.29) is 6.04 Å². The highest BCUT2D eigenvalue weighted by Gasteiger charge is 2.28. The molecule has 1 aliphatic heterocycles.